The zero-order valence-electron chi connectivity index (χ0n) is 5.50. The molecule has 1 nitrogen and oxygen atoms in total. The third-order valence-corrected chi connectivity index (χ3v) is 1.20. The van der Waals surface area contributed by atoms with Crippen molar-refractivity contribution in [2.45, 2.75) is 6.42 Å². The van der Waals surface area contributed by atoms with E-state index in [4.69, 9.17) is 4.74 Å². The van der Waals surface area contributed by atoms with Gasteiger partial charge in [-0.25, -0.2) is 0 Å². The van der Waals surface area contributed by atoms with E-state index >= 15 is 0 Å². The van der Waals surface area contributed by atoms with E-state index in [0.29, 0.717) is 0 Å². The second-order valence-corrected chi connectivity index (χ2v) is 1.83. The van der Waals surface area contributed by atoms with Gasteiger partial charge in [-0.15, -0.1) is 0 Å². The highest BCUT2D eigenvalue weighted by atomic mass is 16.5. The Labute approximate surface area is 55.3 Å². The summed E-state index contributed by atoms with van der Waals surface area (Å²) in [6.45, 7) is 0. The summed E-state index contributed by atoms with van der Waals surface area (Å²) in [6.07, 6.45) is 11.0. The fourth-order valence-electron chi connectivity index (χ4n) is 0.711. The summed E-state index contributed by atoms with van der Waals surface area (Å²) in [4.78, 5) is 0. The Balaban J connectivity index is 2.63. The zero-order valence-corrected chi connectivity index (χ0v) is 5.50. The van der Waals surface area contributed by atoms with Gasteiger partial charge in [0.2, 0.25) is 0 Å². The number of rotatable bonds is 1. The minimum absolute atomic E-state index is 0.944. The molecule has 1 rings (SSSR count). The number of hydrogen-bond donors (Lipinski definition) is 0. The van der Waals surface area contributed by atoms with E-state index in [2.05, 4.69) is 6.08 Å². The highest BCUT2D eigenvalue weighted by Crippen LogP contribution is 2.03. The molecule has 1 heteroatoms. The van der Waals surface area contributed by atoms with E-state index in [9.17, 15) is 0 Å². The van der Waals surface area contributed by atoms with Crippen molar-refractivity contribution >= 4 is 0 Å². The van der Waals surface area contributed by atoms with Crippen molar-refractivity contribution in [3.8, 4) is 0 Å². The van der Waals surface area contributed by atoms with Crippen LogP contribution in [0, 0.1) is 0 Å². The molecule has 0 aromatic heterocycles. The van der Waals surface area contributed by atoms with E-state index < -0.39 is 0 Å². The van der Waals surface area contributed by atoms with Crippen LogP contribution in [-0.2, 0) is 4.74 Å². The lowest BCUT2D eigenvalue weighted by molar-refractivity contribution is 0.306. The predicted molar refractivity (Wildman–Crippen MR) is 38.0 cm³/mol. The molecule has 0 fully saturated rings. The average Bonchev–Trinajstić information content (AvgIpc) is 2.13. The molecule has 0 radical (unpaired) electrons. The van der Waals surface area contributed by atoms with Gasteiger partial charge in [0, 0.05) is 0 Å². The minimum Gasteiger partial charge on any atom is -0.497 e. The molecular formula is C8H10O. The first-order valence-corrected chi connectivity index (χ1v) is 3.01. The van der Waals surface area contributed by atoms with Crippen molar-refractivity contribution in [2.24, 2.45) is 0 Å². The van der Waals surface area contributed by atoms with Gasteiger partial charge in [0.05, 0.1) is 7.11 Å². The standard InChI is InChI=1S/C8H10O/c1-9-8-6-4-2-3-5-7-8/h2-4,6-7H,5H2,1H3. The summed E-state index contributed by atoms with van der Waals surface area (Å²) in [5, 5.41) is 0. The zero-order chi connectivity index (χ0) is 6.53. The molecule has 1 aliphatic rings. The molecule has 0 bridgehead atoms. The third kappa shape index (κ3) is 1.76. The molecule has 0 aromatic carbocycles. The van der Waals surface area contributed by atoms with Crippen molar-refractivity contribution in [2.75, 3.05) is 7.11 Å². The number of methoxy groups -OCH3 is 1. The second kappa shape index (κ2) is 3.13. The minimum atomic E-state index is 0.944. The molecule has 0 aliphatic heterocycles. The van der Waals surface area contributed by atoms with Crippen molar-refractivity contribution in [1.29, 1.82) is 0 Å². The summed E-state index contributed by atoms with van der Waals surface area (Å²) >= 11 is 0. The molecule has 48 valence electrons. The van der Waals surface area contributed by atoms with Crippen molar-refractivity contribution < 1.29 is 4.74 Å². The van der Waals surface area contributed by atoms with Gasteiger partial charge in [-0.2, -0.15) is 0 Å². The summed E-state index contributed by atoms with van der Waals surface area (Å²) in [5.41, 5.74) is 0. The van der Waals surface area contributed by atoms with Crippen LogP contribution in [0.4, 0.5) is 0 Å². The van der Waals surface area contributed by atoms with Gasteiger partial charge in [0.15, 0.2) is 0 Å². The van der Waals surface area contributed by atoms with Gasteiger partial charge in [-0.05, 0) is 18.6 Å². The maximum atomic E-state index is 5.01. The van der Waals surface area contributed by atoms with Crippen LogP contribution in [0.2, 0.25) is 0 Å². The highest BCUT2D eigenvalue weighted by molar-refractivity contribution is 5.21. The molecule has 0 saturated heterocycles. The number of hydrogen-bond acceptors (Lipinski definition) is 1. The molecule has 0 N–H and O–H groups in total. The first-order chi connectivity index (χ1) is 4.43. The molecule has 0 heterocycles. The van der Waals surface area contributed by atoms with E-state index in [1.54, 1.807) is 7.11 Å². The first-order valence-electron chi connectivity index (χ1n) is 3.01. The smallest absolute Gasteiger partial charge is 0.115 e. The van der Waals surface area contributed by atoms with Crippen molar-refractivity contribution in [1.82, 2.24) is 0 Å². The third-order valence-electron chi connectivity index (χ3n) is 1.20. The summed E-state index contributed by atoms with van der Waals surface area (Å²) in [5.74, 6) is 0.944. The van der Waals surface area contributed by atoms with E-state index in [0.717, 1.165) is 12.2 Å². The highest BCUT2D eigenvalue weighted by Gasteiger charge is 1.87. The van der Waals surface area contributed by atoms with Gasteiger partial charge in [-0.3, -0.25) is 0 Å². The molecule has 0 amide bonds. The van der Waals surface area contributed by atoms with Gasteiger partial charge >= 0.3 is 0 Å². The maximum absolute atomic E-state index is 5.01. The maximum Gasteiger partial charge on any atom is 0.115 e. The van der Waals surface area contributed by atoms with Gasteiger partial charge in [-0.1, -0.05) is 18.2 Å². The van der Waals surface area contributed by atoms with Gasteiger partial charge in [0.1, 0.15) is 5.76 Å². The van der Waals surface area contributed by atoms with Crippen LogP contribution in [0.5, 0.6) is 0 Å². The Morgan fingerprint density at radius 3 is 3.11 bits per heavy atom. The van der Waals surface area contributed by atoms with Gasteiger partial charge < -0.3 is 4.74 Å². The largest absolute Gasteiger partial charge is 0.497 e. The monoisotopic (exact) mass is 122 g/mol. The molecule has 0 spiro atoms. The van der Waals surface area contributed by atoms with Crippen molar-refractivity contribution in [3.05, 3.63) is 36.1 Å². The fourth-order valence-corrected chi connectivity index (χ4v) is 0.711. The predicted octanol–water partition coefficient (Wildman–Crippen LogP) is 2.03. The lowest BCUT2D eigenvalue weighted by atomic mass is 10.4. The second-order valence-electron chi connectivity index (χ2n) is 1.83. The topological polar surface area (TPSA) is 9.23 Å². The molecule has 0 atom stereocenters. The Morgan fingerprint density at radius 1 is 1.44 bits per heavy atom. The normalized spacial score (nSPS) is 16.8. The quantitative estimate of drug-likeness (QED) is 0.517. The fraction of sp³-hybridized carbons (Fsp3) is 0.250. The summed E-state index contributed by atoms with van der Waals surface area (Å²) in [7, 11) is 1.68. The Bertz CT molecular complexity index is 163. The average molecular weight is 122 g/mol. The van der Waals surface area contributed by atoms with Crippen LogP contribution in [-0.4, -0.2) is 7.11 Å². The number of ether oxygens (including phenoxy) is 1. The summed E-state index contributed by atoms with van der Waals surface area (Å²) in [6, 6.07) is 0. The van der Waals surface area contributed by atoms with E-state index in [1.165, 1.54) is 0 Å². The molecule has 0 saturated carbocycles. The number of allylic oxidation sites excluding steroid dienone is 5. The van der Waals surface area contributed by atoms with Gasteiger partial charge in [0.25, 0.3) is 0 Å². The summed E-state index contributed by atoms with van der Waals surface area (Å²) < 4.78 is 5.01. The lowest BCUT2D eigenvalue weighted by Gasteiger charge is -1.95. The lowest BCUT2D eigenvalue weighted by Crippen LogP contribution is -1.78. The SMILES string of the molecule is COC1=CCC=CC=C1. The molecular weight excluding hydrogens is 112 g/mol. The van der Waals surface area contributed by atoms with Crippen LogP contribution >= 0.6 is 0 Å². The van der Waals surface area contributed by atoms with Crippen LogP contribution in [0.25, 0.3) is 0 Å². The molecule has 0 unspecified atom stereocenters. The Kier molecular flexibility index (Phi) is 2.13. The van der Waals surface area contributed by atoms with E-state index in [1.807, 2.05) is 24.3 Å². The van der Waals surface area contributed by atoms with E-state index in [-0.39, 0.29) is 0 Å². The Hall–Kier alpha value is -0.980. The van der Waals surface area contributed by atoms with Crippen molar-refractivity contribution in [3.63, 3.8) is 0 Å². The Morgan fingerprint density at radius 2 is 2.33 bits per heavy atom. The van der Waals surface area contributed by atoms with Crippen LogP contribution in [0.1, 0.15) is 6.42 Å². The molecule has 9 heavy (non-hydrogen) atoms. The first kappa shape index (κ1) is 6.14. The van der Waals surface area contributed by atoms with Crippen LogP contribution < -0.4 is 0 Å². The van der Waals surface area contributed by atoms with Crippen LogP contribution in [0.15, 0.2) is 36.1 Å². The molecule has 1 aliphatic carbocycles. The molecule has 0 aromatic rings. The van der Waals surface area contributed by atoms with Crippen LogP contribution in [0.3, 0.4) is 0 Å².